The molecule has 1 heterocycles. The fourth-order valence-corrected chi connectivity index (χ4v) is 1.71. The van der Waals surface area contributed by atoms with E-state index in [4.69, 9.17) is 14.6 Å². The zero-order chi connectivity index (χ0) is 15.1. The van der Waals surface area contributed by atoms with Gasteiger partial charge in [0.1, 0.15) is 18.1 Å². The van der Waals surface area contributed by atoms with Crippen molar-refractivity contribution in [2.45, 2.75) is 6.61 Å². The van der Waals surface area contributed by atoms with Crippen LogP contribution in [0.15, 0.2) is 48.8 Å². The number of ether oxygens (including phenoxy) is 2. The molecule has 0 aliphatic carbocycles. The third kappa shape index (κ3) is 4.35. The van der Waals surface area contributed by atoms with Gasteiger partial charge in [-0.1, -0.05) is 0 Å². The molecule has 0 saturated carbocycles. The first-order chi connectivity index (χ1) is 10.2. The van der Waals surface area contributed by atoms with Gasteiger partial charge < -0.3 is 14.6 Å². The van der Waals surface area contributed by atoms with Crippen LogP contribution >= 0.6 is 0 Å². The molecule has 0 radical (unpaired) electrons. The summed E-state index contributed by atoms with van der Waals surface area (Å²) < 4.78 is 10.9. The number of pyridine rings is 1. The van der Waals surface area contributed by atoms with Crippen molar-refractivity contribution in [1.29, 1.82) is 0 Å². The topological polar surface area (TPSA) is 68.7 Å². The van der Waals surface area contributed by atoms with E-state index in [-0.39, 0.29) is 0 Å². The summed E-state index contributed by atoms with van der Waals surface area (Å²) in [5.41, 5.74) is 1.65. The number of aliphatic carboxylic acids is 1. The number of carbonyl (C=O) groups is 1. The maximum absolute atomic E-state index is 10.6. The van der Waals surface area contributed by atoms with E-state index in [1.165, 1.54) is 6.08 Å². The van der Waals surface area contributed by atoms with E-state index in [1.54, 1.807) is 37.7 Å². The Hall–Kier alpha value is -2.82. The first-order valence-electron chi connectivity index (χ1n) is 6.30. The van der Waals surface area contributed by atoms with Crippen LogP contribution in [0.4, 0.5) is 0 Å². The van der Waals surface area contributed by atoms with E-state index in [1.807, 2.05) is 12.1 Å². The van der Waals surface area contributed by atoms with Crippen molar-refractivity contribution in [3.8, 4) is 11.5 Å². The molecule has 0 aliphatic rings. The third-order valence-electron chi connectivity index (χ3n) is 2.77. The van der Waals surface area contributed by atoms with E-state index in [0.717, 1.165) is 11.6 Å². The first-order valence-corrected chi connectivity index (χ1v) is 6.30. The normalized spacial score (nSPS) is 10.5. The highest BCUT2D eigenvalue weighted by Crippen LogP contribution is 2.26. The van der Waals surface area contributed by atoms with Gasteiger partial charge in [-0.15, -0.1) is 0 Å². The van der Waals surface area contributed by atoms with Gasteiger partial charge >= 0.3 is 5.97 Å². The van der Waals surface area contributed by atoms with E-state index in [9.17, 15) is 4.79 Å². The number of carboxylic acids is 1. The molecular weight excluding hydrogens is 270 g/mol. The molecule has 5 nitrogen and oxygen atoms in total. The highest BCUT2D eigenvalue weighted by Gasteiger charge is 2.05. The van der Waals surface area contributed by atoms with Gasteiger partial charge in [0.2, 0.25) is 0 Å². The summed E-state index contributed by atoms with van der Waals surface area (Å²) in [4.78, 5) is 14.6. The predicted octanol–water partition coefficient (Wildman–Crippen LogP) is 2.77. The molecule has 0 unspecified atom stereocenters. The molecule has 2 aromatic rings. The molecule has 0 atom stereocenters. The van der Waals surface area contributed by atoms with Gasteiger partial charge in [-0.05, 0) is 35.9 Å². The van der Waals surface area contributed by atoms with Crippen LogP contribution < -0.4 is 9.47 Å². The molecule has 0 aliphatic heterocycles. The summed E-state index contributed by atoms with van der Waals surface area (Å²) in [6.07, 6.45) is 5.94. The van der Waals surface area contributed by atoms with Crippen LogP contribution in [-0.2, 0) is 11.4 Å². The van der Waals surface area contributed by atoms with E-state index in [0.29, 0.717) is 23.7 Å². The fourth-order valence-electron chi connectivity index (χ4n) is 1.71. The average Bonchev–Trinajstić information content (AvgIpc) is 2.52. The minimum Gasteiger partial charge on any atom is -0.497 e. The number of hydrogen-bond donors (Lipinski definition) is 1. The zero-order valence-electron chi connectivity index (χ0n) is 11.5. The number of carboxylic acid groups (broad SMARTS) is 1. The molecule has 1 N–H and O–H groups in total. The molecule has 1 aromatic heterocycles. The van der Waals surface area contributed by atoms with Gasteiger partial charge in [0.05, 0.1) is 7.11 Å². The number of nitrogens with zero attached hydrogens (tertiary/aromatic N) is 1. The highest BCUT2D eigenvalue weighted by molar-refractivity contribution is 5.86. The lowest BCUT2D eigenvalue weighted by molar-refractivity contribution is -0.131. The van der Waals surface area contributed by atoms with Crippen molar-refractivity contribution >= 4 is 12.0 Å². The van der Waals surface area contributed by atoms with Crippen molar-refractivity contribution in [1.82, 2.24) is 4.98 Å². The molecule has 21 heavy (non-hydrogen) atoms. The van der Waals surface area contributed by atoms with Crippen molar-refractivity contribution in [3.05, 3.63) is 59.9 Å². The summed E-state index contributed by atoms with van der Waals surface area (Å²) >= 11 is 0. The standard InChI is InChI=1S/C16H15NO4/c1-20-14-4-2-13(3-5-16(18)19)15(10-14)21-11-12-6-8-17-9-7-12/h2-10H,11H2,1H3,(H,18,19). The zero-order valence-corrected chi connectivity index (χ0v) is 11.5. The lowest BCUT2D eigenvalue weighted by atomic mass is 10.1. The average molecular weight is 285 g/mol. The largest absolute Gasteiger partial charge is 0.497 e. The van der Waals surface area contributed by atoms with E-state index >= 15 is 0 Å². The van der Waals surface area contributed by atoms with Crippen molar-refractivity contribution < 1.29 is 19.4 Å². The lowest BCUT2D eigenvalue weighted by Gasteiger charge is -2.11. The van der Waals surface area contributed by atoms with Crippen molar-refractivity contribution in [2.75, 3.05) is 7.11 Å². The second-order valence-electron chi connectivity index (χ2n) is 4.22. The molecule has 1 aromatic carbocycles. The maximum Gasteiger partial charge on any atom is 0.328 e. The number of aromatic nitrogens is 1. The number of methoxy groups -OCH3 is 1. The van der Waals surface area contributed by atoms with Gasteiger partial charge in [0, 0.05) is 30.1 Å². The second kappa shape index (κ2) is 7.09. The van der Waals surface area contributed by atoms with Crippen molar-refractivity contribution in [3.63, 3.8) is 0 Å². The second-order valence-corrected chi connectivity index (χ2v) is 4.22. The number of rotatable bonds is 6. The molecule has 0 fully saturated rings. The summed E-state index contributed by atoms with van der Waals surface area (Å²) in [6, 6.07) is 8.93. The fraction of sp³-hybridized carbons (Fsp3) is 0.125. The predicted molar refractivity (Wildman–Crippen MR) is 78.2 cm³/mol. The van der Waals surface area contributed by atoms with E-state index in [2.05, 4.69) is 4.98 Å². The molecule has 0 spiro atoms. The molecule has 0 bridgehead atoms. The Morgan fingerprint density at radius 1 is 1.29 bits per heavy atom. The Morgan fingerprint density at radius 2 is 2.05 bits per heavy atom. The summed E-state index contributed by atoms with van der Waals surface area (Å²) in [6.45, 7) is 0.365. The monoisotopic (exact) mass is 285 g/mol. The van der Waals surface area contributed by atoms with Crippen LogP contribution in [0.2, 0.25) is 0 Å². The quantitative estimate of drug-likeness (QED) is 0.826. The molecular formula is C16H15NO4. The van der Waals surface area contributed by atoms with E-state index < -0.39 is 5.97 Å². The minimum absolute atomic E-state index is 0.365. The Balaban J connectivity index is 2.20. The Bertz CT molecular complexity index is 638. The Labute approximate surface area is 122 Å². The van der Waals surface area contributed by atoms with Crippen LogP contribution in [0.1, 0.15) is 11.1 Å². The third-order valence-corrected chi connectivity index (χ3v) is 2.77. The SMILES string of the molecule is COc1ccc(C=CC(=O)O)c(OCc2ccncc2)c1. The van der Waals surface area contributed by atoms with Gasteiger partial charge in [0.25, 0.3) is 0 Å². The summed E-state index contributed by atoms with van der Waals surface area (Å²) in [7, 11) is 1.56. The Kier molecular flexibility index (Phi) is 4.93. The van der Waals surface area contributed by atoms with Gasteiger partial charge in [0.15, 0.2) is 0 Å². The van der Waals surface area contributed by atoms with Crippen LogP contribution in [-0.4, -0.2) is 23.2 Å². The smallest absolute Gasteiger partial charge is 0.328 e. The van der Waals surface area contributed by atoms with Crippen molar-refractivity contribution in [2.24, 2.45) is 0 Å². The minimum atomic E-state index is -1.01. The number of hydrogen-bond acceptors (Lipinski definition) is 4. The molecule has 0 amide bonds. The van der Waals surface area contributed by atoms with Gasteiger partial charge in [-0.25, -0.2) is 4.79 Å². The van der Waals surface area contributed by atoms with Gasteiger partial charge in [-0.2, -0.15) is 0 Å². The maximum atomic E-state index is 10.6. The molecule has 0 saturated heterocycles. The van der Waals surface area contributed by atoms with Crippen LogP contribution in [0.5, 0.6) is 11.5 Å². The molecule has 108 valence electrons. The molecule has 5 heteroatoms. The van der Waals surface area contributed by atoms with Crippen LogP contribution in [0.25, 0.3) is 6.08 Å². The first kappa shape index (κ1) is 14.6. The van der Waals surface area contributed by atoms with Gasteiger partial charge in [-0.3, -0.25) is 4.98 Å². The summed E-state index contributed by atoms with van der Waals surface area (Å²) in [5.74, 6) is 0.196. The Morgan fingerprint density at radius 3 is 2.71 bits per heavy atom. The highest BCUT2D eigenvalue weighted by atomic mass is 16.5. The summed E-state index contributed by atoms with van der Waals surface area (Å²) in [5, 5.41) is 8.72. The molecule has 2 rings (SSSR count). The number of benzene rings is 1. The van der Waals surface area contributed by atoms with Crippen LogP contribution in [0.3, 0.4) is 0 Å². The lowest BCUT2D eigenvalue weighted by Crippen LogP contribution is -1.98. The van der Waals surface area contributed by atoms with Crippen LogP contribution in [0, 0.1) is 0 Å².